The predicted molar refractivity (Wildman–Crippen MR) is 51.0 cm³/mol. The van der Waals surface area contributed by atoms with E-state index in [1.807, 2.05) is 0 Å². The van der Waals surface area contributed by atoms with Gasteiger partial charge in [0, 0.05) is 0 Å². The van der Waals surface area contributed by atoms with Gasteiger partial charge in [0.15, 0.2) is 6.04 Å². The van der Waals surface area contributed by atoms with Gasteiger partial charge < -0.3 is 10.4 Å². The third kappa shape index (κ3) is 3.44. The number of carbonyl (C=O) groups excluding carboxylic acids is 1. The standard InChI is InChI=1S/C10H7F4NO3/c11-6-3-1-5(2-4-6)7(8(16)17)15-9(18)10(12,13)14/h1-4,7H,(H,15,18)(H,16,17)/t7-/m0/s1. The SMILES string of the molecule is O=C(O)[C@@H](NC(=O)C(F)(F)F)c1ccc(F)cc1. The molecule has 1 aromatic rings. The molecule has 0 aliphatic heterocycles. The van der Waals surface area contributed by atoms with Crippen LogP contribution in [0.25, 0.3) is 0 Å². The van der Waals surface area contributed by atoms with Crippen molar-refractivity contribution in [2.45, 2.75) is 12.2 Å². The van der Waals surface area contributed by atoms with Gasteiger partial charge in [-0.1, -0.05) is 12.1 Å². The van der Waals surface area contributed by atoms with Crippen LogP contribution in [-0.2, 0) is 9.59 Å². The van der Waals surface area contributed by atoms with E-state index >= 15 is 0 Å². The summed E-state index contributed by atoms with van der Waals surface area (Å²) in [4.78, 5) is 21.4. The maximum absolute atomic E-state index is 12.6. The number of hydrogen-bond acceptors (Lipinski definition) is 2. The molecule has 0 fully saturated rings. The molecule has 1 rings (SSSR count). The van der Waals surface area contributed by atoms with Gasteiger partial charge in [-0.15, -0.1) is 0 Å². The van der Waals surface area contributed by atoms with E-state index in [1.54, 1.807) is 0 Å². The van der Waals surface area contributed by atoms with E-state index < -0.39 is 29.9 Å². The van der Waals surface area contributed by atoms with Crippen LogP contribution in [0.3, 0.4) is 0 Å². The summed E-state index contributed by atoms with van der Waals surface area (Å²) in [6, 6.07) is 1.82. The number of carboxylic acid groups (broad SMARTS) is 1. The topological polar surface area (TPSA) is 66.4 Å². The van der Waals surface area contributed by atoms with E-state index in [-0.39, 0.29) is 5.56 Å². The van der Waals surface area contributed by atoms with Crippen molar-refractivity contribution in [1.82, 2.24) is 5.32 Å². The van der Waals surface area contributed by atoms with Crippen LogP contribution in [0.1, 0.15) is 11.6 Å². The highest BCUT2D eigenvalue weighted by Gasteiger charge is 2.41. The van der Waals surface area contributed by atoms with Crippen molar-refractivity contribution in [3.8, 4) is 0 Å². The van der Waals surface area contributed by atoms with Gasteiger partial charge in [-0.3, -0.25) is 4.79 Å². The lowest BCUT2D eigenvalue weighted by Crippen LogP contribution is -2.41. The summed E-state index contributed by atoms with van der Waals surface area (Å²) in [7, 11) is 0. The molecule has 0 aliphatic carbocycles. The lowest BCUT2D eigenvalue weighted by Gasteiger charge is -2.15. The number of amides is 1. The summed E-state index contributed by atoms with van der Waals surface area (Å²) in [5, 5.41) is 10.0. The Labute approximate surface area is 98.2 Å². The average Bonchev–Trinajstić information content (AvgIpc) is 2.25. The second kappa shape index (κ2) is 5.03. The molecule has 4 nitrogen and oxygen atoms in total. The summed E-state index contributed by atoms with van der Waals surface area (Å²) in [6.07, 6.45) is -5.19. The van der Waals surface area contributed by atoms with Crippen molar-refractivity contribution < 1.29 is 32.3 Å². The molecule has 98 valence electrons. The zero-order chi connectivity index (χ0) is 13.9. The highest BCUT2D eigenvalue weighted by Crippen LogP contribution is 2.19. The van der Waals surface area contributed by atoms with Crippen LogP contribution in [-0.4, -0.2) is 23.2 Å². The molecule has 0 bridgehead atoms. The minimum Gasteiger partial charge on any atom is -0.479 e. The Morgan fingerprint density at radius 2 is 1.67 bits per heavy atom. The number of nitrogens with one attached hydrogen (secondary N) is 1. The summed E-state index contributed by atoms with van der Waals surface area (Å²) in [5.74, 6) is -4.73. The molecule has 1 amide bonds. The Bertz CT molecular complexity index is 455. The first-order valence-corrected chi connectivity index (χ1v) is 4.58. The van der Waals surface area contributed by atoms with E-state index in [1.165, 1.54) is 5.32 Å². The van der Waals surface area contributed by atoms with E-state index in [4.69, 9.17) is 5.11 Å². The minimum atomic E-state index is -5.19. The van der Waals surface area contributed by atoms with Crippen molar-refractivity contribution >= 4 is 11.9 Å². The van der Waals surface area contributed by atoms with Crippen LogP contribution in [0.4, 0.5) is 17.6 Å². The Balaban J connectivity index is 2.94. The smallest absolute Gasteiger partial charge is 0.471 e. The average molecular weight is 265 g/mol. The van der Waals surface area contributed by atoms with E-state index in [0.29, 0.717) is 0 Å². The molecule has 0 saturated carbocycles. The lowest BCUT2D eigenvalue weighted by molar-refractivity contribution is -0.175. The molecular formula is C10H7F4NO3. The number of rotatable bonds is 3. The highest BCUT2D eigenvalue weighted by molar-refractivity contribution is 5.87. The van der Waals surface area contributed by atoms with Crippen LogP contribution in [0.15, 0.2) is 24.3 Å². The first kappa shape index (κ1) is 13.9. The van der Waals surface area contributed by atoms with Gasteiger partial charge in [0.1, 0.15) is 5.82 Å². The van der Waals surface area contributed by atoms with Gasteiger partial charge in [0.05, 0.1) is 0 Å². The van der Waals surface area contributed by atoms with E-state index in [0.717, 1.165) is 24.3 Å². The normalized spacial score (nSPS) is 12.9. The Morgan fingerprint density at radius 3 is 2.06 bits per heavy atom. The summed E-state index contributed by atoms with van der Waals surface area (Å²) >= 11 is 0. The zero-order valence-corrected chi connectivity index (χ0v) is 8.66. The van der Waals surface area contributed by atoms with Crippen LogP contribution in [0, 0.1) is 5.82 Å². The second-order valence-electron chi connectivity index (χ2n) is 3.29. The molecule has 0 heterocycles. The quantitative estimate of drug-likeness (QED) is 0.816. The van der Waals surface area contributed by atoms with Crippen LogP contribution in [0.5, 0.6) is 0 Å². The van der Waals surface area contributed by atoms with Crippen LogP contribution >= 0.6 is 0 Å². The van der Waals surface area contributed by atoms with E-state index in [2.05, 4.69) is 0 Å². The second-order valence-corrected chi connectivity index (χ2v) is 3.29. The molecule has 8 heteroatoms. The Hall–Kier alpha value is -2.12. The van der Waals surface area contributed by atoms with Crippen molar-refractivity contribution in [2.24, 2.45) is 0 Å². The maximum Gasteiger partial charge on any atom is 0.471 e. The first-order chi connectivity index (χ1) is 8.21. The van der Waals surface area contributed by atoms with Gasteiger partial charge in [-0.05, 0) is 17.7 Å². The van der Waals surface area contributed by atoms with Crippen LogP contribution < -0.4 is 5.32 Å². The van der Waals surface area contributed by atoms with Gasteiger partial charge in [0.25, 0.3) is 0 Å². The molecule has 0 aromatic heterocycles. The molecule has 1 atom stereocenters. The molecule has 18 heavy (non-hydrogen) atoms. The molecule has 0 radical (unpaired) electrons. The fourth-order valence-corrected chi connectivity index (χ4v) is 1.16. The third-order valence-electron chi connectivity index (χ3n) is 1.98. The lowest BCUT2D eigenvalue weighted by atomic mass is 10.1. The van der Waals surface area contributed by atoms with Crippen molar-refractivity contribution in [3.63, 3.8) is 0 Å². The molecule has 0 aliphatic rings. The van der Waals surface area contributed by atoms with Gasteiger partial charge in [-0.2, -0.15) is 13.2 Å². The van der Waals surface area contributed by atoms with E-state index in [9.17, 15) is 27.2 Å². The molecule has 0 unspecified atom stereocenters. The monoisotopic (exact) mass is 265 g/mol. The fourth-order valence-electron chi connectivity index (χ4n) is 1.16. The highest BCUT2D eigenvalue weighted by atomic mass is 19.4. The molecule has 2 N–H and O–H groups in total. The number of aliphatic carboxylic acids is 1. The predicted octanol–water partition coefficient (Wildman–Crippen LogP) is 1.63. The van der Waals surface area contributed by atoms with Crippen molar-refractivity contribution in [3.05, 3.63) is 35.6 Å². The summed E-state index contributed by atoms with van der Waals surface area (Å²) in [5.41, 5.74) is -0.165. The fraction of sp³-hybridized carbons (Fsp3) is 0.200. The number of hydrogen-bond donors (Lipinski definition) is 2. The number of halogens is 4. The first-order valence-electron chi connectivity index (χ1n) is 4.58. The number of carbonyl (C=O) groups is 2. The number of alkyl halides is 3. The number of carboxylic acids is 1. The summed E-state index contributed by atoms with van der Waals surface area (Å²) in [6.45, 7) is 0. The molecule has 0 spiro atoms. The molecular weight excluding hydrogens is 258 g/mol. The number of benzene rings is 1. The third-order valence-corrected chi connectivity index (χ3v) is 1.98. The van der Waals surface area contributed by atoms with Crippen LogP contribution in [0.2, 0.25) is 0 Å². The minimum absolute atomic E-state index is 0.165. The summed E-state index contributed by atoms with van der Waals surface area (Å²) < 4.78 is 48.6. The molecule has 0 saturated heterocycles. The van der Waals surface area contributed by atoms with Gasteiger partial charge in [-0.25, -0.2) is 9.18 Å². The van der Waals surface area contributed by atoms with Gasteiger partial charge in [0.2, 0.25) is 0 Å². The Kier molecular flexibility index (Phi) is 3.89. The largest absolute Gasteiger partial charge is 0.479 e. The zero-order valence-electron chi connectivity index (χ0n) is 8.66. The Morgan fingerprint density at radius 1 is 1.17 bits per heavy atom. The maximum atomic E-state index is 12.6. The van der Waals surface area contributed by atoms with Crippen molar-refractivity contribution in [2.75, 3.05) is 0 Å². The van der Waals surface area contributed by atoms with Gasteiger partial charge >= 0.3 is 18.1 Å². The molecule has 1 aromatic carbocycles. The van der Waals surface area contributed by atoms with Crippen molar-refractivity contribution in [1.29, 1.82) is 0 Å².